The van der Waals surface area contributed by atoms with Gasteiger partial charge in [-0.3, -0.25) is 4.79 Å². The standard InChI is InChI=1S/C20H22BrNO4/c21-16-6-4-15-12-17(7-5-14(15)11-16)26-13-19(23)22-8-2-1-3-18(22)20-24-9-10-25-20/h4-7,11-12,18,20H,1-3,8-10,13H2. The lowest BCUT2D eigenvalue weighted by Crippen LogP contribution is -2.51. The molecule has 2 aliphatic heterocycles. The molecular formula is C20H22BrNO4. The van der Waals surface area contributed by atoms with Crippen LogP contribution in [0.5, 0.6) is 5.75 Å². The van der Waals surface area contributed by atoms with Crippen molar-refractivity contribution in [2.24, 2.45) is 0 Å². The van der Waals surface area contributed by atoms with Gasteiger partial charge in [-0.25, -0.2) is 0 Å². The van der Waals surface area contributed by atoms with Crippen molar-refractivity contribution in [2.75, 3.05) is 26.4 Å². The number of likely N-dealkylation sites (tertiary alicyclic amines) is 1. The number of carbonyl (C=O) groups is 1. The molecule has 138 valence electrons. The number of hydrogen-bond acceptors (Lipinski definition) is 4. The summed E-state index contributed by atoms with van der Waals surface area (Å²) in [6, 6.07) is 12.0. The number of amides is 1. The molecule has 1 atom stereocenters. The molecule has 2 heterocycles. The van der Waals surface area contributed by atoms with Crippen LogP contribution in [-0.2, 0) is 14.3 Å². The first-order valence-electron chi connectivity index (χ1n) is 9.05. The molecule has 4 rings (SSSR count). The second kappa shape index (κ2) is 7.94. The summed E-state index contributed by atoms with van der Waals surface area (Å²) in [7, 11) is 0. The molecule has 26 heavy (non-hydrogen) atoms. The minimum atomic E-state index is -0.293. The molecule has 0 spiro atoms. The van der Waals surface area contributed by atoms with Crippen LogP contribution in [0.2, 0.25) is 0 Å². The molecule has 0 saturated carbocycles. The predicted molar refractivity (Wildman–Crippen MR) is 102 cm³/mol. The molecule has 0 aliphatic carbocycles. The van der Waals surface area contributed by atoms with Gasteiger partial charge in [0, 0.05) is 11.0 Å². The van der Waals surface area contributed by atoms with Crippen LogP contribution in [0.1, 0.15) is 19.3 Å². The molecule has 0 aromatic heterocycles. The molecule has 1 unspecified atom stereocenters. The molecule has 2 saturated heterocycles. The molecule has 2 fully saturated rings. The van der Waals surface area contributed by atoms with E-state index in [2.05, 4.69) is 22.0 Å². The maximum Gasteiger partial charge on any atom is 0.260 e. The van der Waals surface area contributed by atoms with E-state index in [4.69, 9.17) is 14.2 Å². The van der Waals surface area contributed by atoms with E-state index in [9.17, 15) is 4.79 Å². The third kappa shape index (κ3) is 3.87. The van der Waals surface area contributed by atoms with Gasteiger partial charge in [-0.05, 0) is 54.3 Å². The Bertz CT molecular complexity index is 790. The average molecular weight is 420 g/mol. The predicted octanol–water partition coefficient (Wildman–Crippen LogP) is 3.74. The number of nitrogens with zero attached hydrogens (tertiary/aromatic N) is 1. The molecule has 0 radical (unpaired) electrons. The highest BCUT2D eigenvalue weighted by molar-refractivity contribution is 9.10. The number of fused-ring (bicyclic) bond motifs is 1. The van der Waals surface area contributed by atoms with Crippen LogP contribution in [0.15, 0.2) is 40.9 Å². The fraction of sp³-hybridized carbons (Fsp3) is 0.450. The van der Waals surface area contributed by atoms with Crippen LogP contribution in [0.4, 0.5) is 0 Å². The van der Waals surface area contributed by atoms with Crippen LogP contribution in [0, 0.1) is 0 Å². The zero-order valence-electron chi connectivity index (χ0n) is 14.5. The molecule has 0 N–H and O–H groups in total. The highest BCUT2D eigenvalue weighted by Crippen LogP contribution is 2.26. The maximum absolute atomic E-state index is 12.7. The van der Waals surface area contributed by atoms with E-state index in [0.29, 0.717) is 19.0 Å². The highest BCUT2D eigenvalue weighted by atomic mass is 79.9. The quantitative estimate of drug-likeness (QED) is 0.757. The second-order valence-corrected chi connectivity index (χ2v) is 7.62. The number of rotatable bonds is 4. The lowest BCUT2D eigenvalue weighted by Gasteiger charge is -2.37. The summed E-state index contributed by atoms with van der Waals surface area (Å²) in [4.78, 5) is 14.6. The first kappa shape index (κ1) is 17.8. The Morgan fingerprint density at radius 3 is 2.73 bits per heavy atom. The topological polar surface area (TPSA) is 48.0 Å². The average Bonchev–Trinajstić information content (AvgIpc) is 3.20. The molecule has 2 aliphatic rings. The van der Waals surface area contributed by atoms with Gasteiger partial charge in [0.05, 0.1) is 19.3 Å². The van der Waals surface area contributed by atoms with Gasteiger partial charge >= 0.3 is 0 Å². The number of ether oxygens (including phenoxy) is 3. The molecule has 5 nitrogen and oxygen atoms in total. The van der Waals surface area contributed by atoms with Gasteiger partial charge in [0.25, 0.3) is 5.91 Å². The van der Waals surface area contributed by atoms with Crippen molar-refractivity contribution < 1.29 is 19.0 Å². The van der Waals surface area contributed by atoms with Gasteiger partial charge in [-0.2, -0.15) is 0 Å². The highest BCUT2D eigenvalue weighted by Gasteiger charge is 2.36. The van der Waals surface area contributed by atoms with Gasteiger partial charge in [-0.15, -0.1) is 0 Å². The summed E-state index contributed by atoms with van der Waals surface area (Å²) < 4.78 is 18.1. The van der Waals surface area contributed by atoms with E-state index in [1.165, 1.54) is 0 Å². The van der Waals surface area contributed by atoms with Crippen molar-refractivity contribution in [3.05, 3.63) is 40.9 Å². The minimum Gasteiger partial charge on any atom is -0.484 e. The van der Waals surface area contributed by atoms with E-state index in [1.54, 1.807) is 0 Å². The van der Waals surface area contributed by atoms with E-state index in [0.717, 1.165) is 41.1 Å². The Balaban J connectivity index is 1.41. The fourth-order valence-electron chi connectivity index (χ4n) is 3.66. The molecule has 2 aromatic rings. The summed E-state index contributed by atoms with van der Waals surface area (Å²) in [6.07, 6.45) is 2.73. The Hall–Kier alpha value is -1.63. The summed E-state index contributed by atoms with van der Waals surface area (Å²) in [5.74, 6) is 0.694. The third-order valence-electron chi connectivity index (χ3n) is 4.97. The molecular weight excluding hydrogens is 398 g/mol. The second-order valence-electron chi connectivity index (χ2n) is 6.70. The lowest BCUT2D eigenvalue weighted by atomic mass is 10.0. The summed E-state index contributed by atoms with van der Waals surface area (Å²) in [6.45, 7) is 1.98. The molecule has 2 aromatic carbocycles. The fourth-order valence-corrected chi connectivity index (χ4v) is 4.04. The number of halogens is 1. The summed E-state index contributed by atoms with van der Waals surface area (Å²) >= 11 is 3.48. The van der Waals surface area contributed by atoms with Crippen LogP contribution in [0.3, 0.4) is 0 Å². The number of piperidine rings is 1. The Morgan fingerprint density at radius 1 is 1.12 bits per heavy atom. The van der Waals surface area contributed by atoms with E-state index in [-0.39, 0.29) is 24.8 Å². The first-order valence-corrected chi connectivity index (χ1v) is 9.85. The van der Waals surface area contributed by atoms with Crippen molar-refractivity contribution in [3.8, 4) is 5.75 Å². The Morgan fingerprint density at radius 2 is 1.88 bits per heavy atom. The number of carbonyl (C=O) groups excluding carboxylic acids is 1. The van der Waals surface area contributed by atoms with Crippen molar-refractivity contribution in [3.63, 3.8) is 0 Å². The van der Waals surface area contributed by atoms with Crippen molar-refractivity contribution in [1.82, 2.24) is 4.90 Å². The van der Waals surface area contributed by atoms with Crippen molar-refractivity contribution in [2.45, 2.75) is 31.6 Å². The van der Waals surface area contributed by atoms with Crippen LogP contribution in [0.25, 0.3) is 10.8 Å². The number of hydrogen-bond donors (Lipinski definition) is 0. The van der Waals surface area contributed by atoms with Crippen molar-refractivity contribution in [1.29, 1.82) is 0 Å². The Kier molecular flexibility index (Phi) is 5.43. The van der Waals surface area contributed by atoms with Gasteiger partial charge in [0.15, 0.2) is 12.9 Å². The van der Waals surface area contributed by atoms with Crippen LogP contribution < -0.4 is 4.74 Å². The molecule has 0 bridgehead atoms. The molecule has 6 heteroatoms. The van der Waals surface area contributed by atoms with Gasteiger partial charge in [-0.1, -0.05) is 28.1 Å². The summed E-state index contributed by atoms with van der Waals surface area (Å²) in [5, 5.41) is 2.21. The van der Waals surface area contributed by atoms with Gasteiger partial charge in [0.1, 0.15) is 5.75 Å². The van der Waals surface area contributed by atoms with E-state index in [1.807, 2.05) is 35.2 Å². The SMILES string of the molecule is O=C(COc1ccc2cc(Br)ccc2c1)N1CCCCC1C1OCCO1. The largest absolute Gasteiger partial charge is 0.484 e. The smallest absolute Gasteiger partial charge is 0.260 e. The van der Waals surface area contributed by atoms with Crippen LogP contribution >= 0.6 is 15.9 Å². The van der Waals surface area contributed by atoms with Crippen molar-refractivity contribution >= 4 is 32.6 Å². The van der Waals surface area contributed by atoms with Gasteiger partial charge < -0.3 is 19.1 Å². The monoisotopic (exact) mass is 419 g/mol. The molecule has 1 amide bonds. The van der Waals surface area contributed by atoms with Crippen LogP contribution in [-0.4, -0.2) is 49.5 Å². The summed E-state index contributed by atoms with van der Waals surface area (Å²) in [5.41, 5.74) is 0. The zero-order valence-corrected chi connectivity index (χ0v) is 16.1. The maximum atomic E-state index is 12.7. The minimum absolute atomic E-state index is 0.00342. The lowest BCUT2D eigenvalue weighted by molar-refractivity contribution is -0.152. The third-order valence-corrected chi connectivity index (χ3v) is 5.46. The number of benzene rings is 2. The Labute approximate surface area is 161 Å². The van der Waals surface area contributed by atoms with Gasteiger partial charge in [0.2, 0.25) is 0 Å². The zero-order chi connectivity index (χ0) is 17.9. The normalized spacial score (nSPS) is 21.3. The van der Waals surface area contributed by atoms with E-state index >= 15 is 0 Å². The van der Waals surface area contributed by atoms with E-state index < -0.39 is 0 Å². The first-order chi connectivity index (χ1) is 12.7.